The molecule has 0 unspecified atom stereocenters. The lowest BCUT2D eigenvalue weighted by molar-refractivity contribution is -0.345. The van der Waals surface area contributed by atoms with Gasteiger partial charge in [-0.1, -0.05) is 35.5 Å². The van der Waals surface area contributed by atoms with E-state index in [2.05, 4.69) is 15.6 Å². The lowest BCUT2D eigenvalue weighted by Gasteiger charge is -2.49. The molecule has 4 aliphatic heterocycles. The molecular weight excluding hydrogens is 1390 g/mol. The van der Waals surface area contributed by atoms with Crippen molar-refractivity contribution in [1.29, 1.82) is 0 Å². The van der Waals surface area contributed by atoms with Crippen LogP contribution >= 0.6 is 23.4 Å². The van der Waals surface area contributed by atoms with Gasteiger partial charge in [-0.2, -0.15) is 0 Å². The minimum absolute atomic E-state index is 0.0570. The van der Waals surface area contributed by atoms with Crippen LogP contribution in [0.3, 0.4) is 0 Å². The summed E-state index contributed by atoms with van der Waals surface area (Å²) in [7, 11) is 0. The average Bonchev–Trinajstić information content (AvgIpc) is 0.773. The fourth-order valence-electron chi connectivity index (χ4n) is 10.3. The normalized spacial score (nSPS) is 29.3. The number of hydrogen-bond acceptors (Lipinski definition) is 37. The van der Waals surface area contributed by atoms with Gasteiger partial charge in [0, 0.05) is 96.9 Å². The third-order valence-electron chi connectivity index (χ3n) is 13.6. The van der Waals surface area contributed by atoms with Crippen LogP contribution in [-0.2, 0) is 162 Å². The molecule has 38 nitrogen and oxygen atoms in total. The number of para-hydroxylation sites is 1. The summed E-state index contributed by atoms with van der Waals surface area (Å²) in [6.07, 6.45) is -35.8. The van der Waals surface area contributed by atoms with Crippen molar-refractivity contribution >= 4 is 124 Å². The summed E-state index contributed by atoms with van der Waals surface area (Å²) in [5.41, 5.74) is -1.91. The van der Waals surface area contributed by atoms with Crippen LogP contribution in [0.15, 0.2) is 29.3 Å². The summed E-state index contributed by atoms with van der Waals surface area (Å²) < 4.78 is 115. The first-order valence-electron chi connectivity index (χ1n) is 30.2. The summed E-state index contributed by atoms with van der Waals surface area (Å²) in [5.74, 6) is -14.2. The van der Waals surface area contributed by atoms with Crippen molar-refractivity contribution < 1.29 is 167 Å². The second kappa shape index (κ2) is 38.1. The molecule has 40 heteroatoms. The second-order valence-corrected chi connectivity index (χ2v) is 23.5. The van der Waals surface area contributed by atoms with Crippen molar-refractivity contribution in [3.05, 3.63) is 29.3 Å². The fraction of sp³-hybridized carbons (Fsp3) is 0.633. The molecule has 0 aliphatic carbocycles. The molecule has 2 N–H and O–H groups in total. The van der Waals surface area contributed by atoms with E-state index in [1.54, 1.807) is 0 Å². The van der Waals surface area contributed by atoms with Gasteiger partial charge in [0.15, 0.2) is 90.5 Å². The van der Waals surface area contributed by atoms with Gasteiger partial charge in [-0.25, -0.2) is 9.79 Å². The standard InChI is InChI=1S/C60H76ClN3O35S/c1-23(65)80-19-39-45(98-56-52(91-34(12)76)48(87-30(8)72)43(84-27(5)69)40(95-56)20-81-24(2)66)47(86-29(7)71)51(90-33(11)75)55(94-39)63-59(79)64-60(62-38-18-16-15-17-37(38)61)100-58-54(93-36(14)78)50(89-32(10)74)46(42(97-58)22-83-26(4)68)99-57-53(92-35(13)77)49(88-31(9)73)44(85-28(6)70)41(96-57)21-82-25(3)67/h15-18,39-58H,19-22H2,1-14H3,(H2,62,63,64,79)/t39-,40-,41-,42-,43+,44+,45-,46-,47+,48+,49+,50+,51-,52-,53-,54-,55-,56+,57+,58+/m1/s1. The Kier molecular flexibility index (Phi) is 31.2. The molecule has 554 valence electrons. The Bertz CT molecular complexity index is 3220. The zero-order valence-corrected chi connectivity index (χ0v) is 57.8. The second-order valence-electron chi connectivity index (χ2n) is 22.0. The van der Waals surface area contributed by atoms with Gasteiger partial charge in [-0.05, 0) is 12.1 Å². The van der Waals surface area contributed by atoms with Gasteiger partial charge < -0.3 is 100 Å². The highest BCUT2D eigenvalue weighted by molar-refractivity contribution is 8.14. The Morgan fingerprint density at radius 1 is 0.370 bits per heavy atom. The number of aliphatic imine (C=N–C) groups is 1. The highest BCUT2D eigenvalue weighted by Gasteiger charge is 2.60. The van der Waals surface area contributed by atoms with E-state index in [0.29, 0.717) is 11.8 Å². The molecule has 100 heavy (non-hydrogen) atoms. The molecule has 0 saturated carbocycles. The molecule has 0 aromatic heterocycles. The minimum atomic E-state index is -2.07. The maximum Gasteiger partial charge on any atom is 0.322 e. The smallest absolute Gasteiger partial charge is 0.322 e. The number of thioether (sulfide) groups is 1. The van der Waals surface area contributed by atoms with Gasteiger partial charge in [-0.15, -0.1) is 0 Å². The molecule has 1 aromatic rings. The summed E-state index contributed by atoms with van der Waals surface area (Å²) in [5, 5.41) is 4.24. The number of benzene rings is 1. The van der Waals surface area contributed by atoms with E-state index in [-0.39, 0.29) is 10.7 Å². The Labute approximate surface area is 578 Å². The number of rotatable bonds is 25. The van der Waals surface area contributed by atoms with Gasteiger partial charge in [-0.3, -0.25) is 72.4 Å². The summed E-state index contributed by atoms with van der Waals surface area (Å²) in [6, 6.07) is 4.38. The molecule has 2 amide bonds. The number of carbonyl (C=O) groups excluding carboxylic acids is 15. The third kappa shape index (κ3) is 25.1. The van der Waals surface area contributed by atoms with Crippen LogP contribution < -0.4 is 10.6 Å². The van der Waals surface area contributed by atoms with Crippen molar-refractivity contribution in [3.63, 3.8) is 0 Å². The lowest BCUT2D eigenvalue weighted by Crippen LogP contribution is -2.69. The molecule has 1 aromatic carbocycles. The first-order chi connectivity index (χ1) is 46.9. The van der Waals surface area contributed by atoms with E-state index in [1.807, 2.05) is 0 Å². The van der Waals surface area contributed by atoms with Crippen molar-refractivity contribution in [2.45, 2.75) is 219 Å². The zero-order valence-electron chi connectivity index (χ0n) is 56.2. The number of ether oxygens (including phenoxy) is 20. The number of amidine groups is 1. The summed E-state index contributed by atoms with van der Waals surface area (Å²) >= 11 is 7.01. The van der Waals surface area contributed by atoms with Crippen LogP contribution in [0, 0.1) is 0 Å². The van der Waals surface area contributed by atoms with Crippen molar-refractivity contribution in [2.75, 3.05) is 26.4 Å². The van der Waals surface area contributed by atoms with Gasteiger partial charge >= 0.3 is 89.6 Å². The fourth-order valence-corrected chi connectivity index (χ4v) is 11.5. The Morgan fingerprint density at radius 3 is 1.03 bits per heavy atom. The monoisotopic (exact) mass is 1470 g/mol. The van der Waals surface area contributed by atoms with E-state index in [9.17, 15) is 71.9 Å². The maximum absolute atomic E-state index is 14.9. The molecule has 4 saturated heterocycles. The maximum atomic E-state index is 14.9. The molecule has 4 aliphatic rings. The lowest BCUT2D eigenvalue weighted by atomic mass is 9.95. The first-order valence-corrected chi connectivity index (χ1v) is 31.4. The number of nitrogens with one attached hydrogen (secondary N) is 2. The number of urea groups is 1. The third-order valence-corrected chi connectivity index (χ3v) is 15.0. The van der Waals surface area contributed by atoms with Gasteiger partial charge in [0.25, 0.3) is 0 Å². The van der Waals surface area contributed by atoms with Crippen LogP contribution in [-0.4, -0.2) is 243 Å². The quantitative estimate of drug-likeness (QED) is 0.0586. The zero-order chi connectivity index (χ0) is 74.6. The van der Waals surface area contributed by atoms with Crippen molar-refractivity contribution in [3.8, 4) is 0 Å². The Hall–Kier alpha value is -8.86. The molecule has 20 atom stereocenters. The summed E-state index contributed by atoms with van der Waals surface area (Å²) in [4.78, 5) is 198. The van der Waals surface area contributed by atoms with Crippen LogP contribution in [0.2, 0.25) is 5.02 Å². The number of nitrogens with zero attached hydrogens (tertiary/aromatic N) is 1. The van der Waals surface area contributed by atoms with Crippen LogP contribution in [0.1, 0.15) is 96.9 Å². The van der Waals surface area contributed by atoms with Crippen molar-refractivity contribution in [2.24, 2.45) is 4.99 Å². The average molecular weight is 1470 g/mol. The largest absolute Gasteiger partial charge is 0.463 e. The minimum Gasteiger partial charge on any atom is -0.463 e. The number of hydrogen-bond donors (Lipinski definition) is 2. The first kappa shape index (κ1) is 81.8. The van der Waals surface area contributed by atoms with Crippen LogP contribution in [0.5, 0.6) is 0 Å². The van der Waals surface area contributed by atoms with E-state index < -0.39 is 243 Å². The van der Waals surface area contributed by atoms with E-state index >= 15 is 0 Å². The van der Waals surface area contributed by atoms with Gasteiger partial charge in [0.1, 0.15) is 63.1 Å². The van der Waals surface area contributed by atoms with E-state index in [4.69, 9.17) is 106 Å². The predicted molar refractivity (Wildman–Crippen MR) is 324 cm³/mol. The molecule has 0 spiro atoms. The SMILES string of the molecule is CC(=O)OC[C@H]1O[C@@H](O[C@H]2[C@H](OC(C)=O)[C@@H](OC(C)=O)[C@H](NC(=O)NC(=Nc3ccccc3Cl)S[C@@H]3O[C@H](COC(C)=O)[C@@H](O[C@@H]4O[C@H](COC(C)=O)[C@H](OC(C)=O)[C@H](OC(C)=O)[C@H]4OC(C)=O)[C@H](OC(C)=O)[C@H]3OC(C)=O)O[C@@H]2COC(C)=O)[C@H](OC(C)=O)[C@@H](OC(C)=O)[C@H]1OC(C)=O. The number of carbonyl (C=O) groups is 15. The van der Waals surface area contributed by atoms with Gasteiger partial charge in [0.05, 0.1) is 10.7 Å². The highest BCUT2D eigenvalue weighted by Crippen LogP contribution is 2.40. The van der Waals surface area contributed by atoms with E-state index in [1.165, 1.54) is 24.3 Å². The molecule has 5 rings (SSSR count). The molecule has 4 fully saturated rings. The molecule has 0 bridgehead atoms. The number of esters is 14. The molecule has 4 heterocycles. The number of amides is 2. The van der Waals surface area contributed by atoms with Crippen LogP contribution in [0.25, 0.3) is 0 Å². The predicted octanol–water partition coefficient (Wildman–Crippen LogP) is 0.599. The van der Waals surface area contributed by atoms with E-state index in [0.717, 1.165) is 96.9 Å². The van der Waals surface area contributed by atoms with Crippen LogP contribution in [0.4, 0.5) is 10.5 Å². The Morgan fingerprint density at radius 2 is 0.670 bits per heavy atom. The van der Waals surface area contributed by atoms with Gasteiger partial charge in [0.2, 0.25) is 0 Å². The topological polar surface area (TPSA) is 477 Å². The molecule has 0 radical (unpaired) electrons. The highest BCUT2D eigenvalue weighted by atomic mass is 35.5. The molecular formula is C60H76ClN3O35S. The summed E-state index contributed by atoms with van der Waals surface area (Å²) in [6.45, 7) is 10.2. The Balaban J connectivity index is 1.65. The number of halogens is 1. The van der Waals surface area contributed by atoms with Crippen molar-refractivity contribution in [1.82, 2.24) is 10.6 Å².